The standard InChI is InChI=1S/C17H22N2O/c1-3-19-16(17(20-2)12-8-9-12)15-11-18-10-13-6-4-5-7-14(13)15/h4-7,10-12,16-17,19H,3,8-9H2,1-2H3. The van der Waals surface area contributed by atoms with E-state index in [2.05, 4.69) is 41.5 Å². The SMILES string of the molecule is CCNC(c1cncc2ccccc12)C(OC)C1CC1. The first kappa shape index (κ1) is 13.5. The average Bonchev–Trinajstić information content (AvgIpc) is 3.31. The molecule has 3 rings (SSSR count). The average molecular weight is 270 g/mol. The zero-order chi connectivity index (χ0) is 13.9. The third kappa shape index (κ3) is 2.56. The fourth-order valence-corrected chi connectivity index (χ4v) is 3.04. The molecule has 1 heterocycles. The molecule has 0 aliphatic heterocycles. The highest BCUT2D eigenvalue weighted by molar-refractivity contribution is 5.85. The Balaban J connectivity index is 2.04. The summed E-state index contributed by atoms with van der Waals surface area (Å²) in [7, 11) is 1.83. The zero-order valence-corrected chi connectivity index (χ0v) is 12.2. The Morgan fingerprint density at radius 1 is 1.30 bits per heavy atom. The van der Waals surface area contributed by atoms with Gasteiger partial charge in [-0.15, -0.1) is 0 Å². The van der Waals surface area contributed by atoms with E-state index < -0.39 is 0 Å². The van der Waals surface area contributed by atoms with Crippen LogP contribution in [-0.4, -0.2) is 24.7 Å². The smallest absolute Gasteiger partial charge is 0.0794 e. The maximum Gasteiger partial charge on any atom is 0.0794 e. The second kappa shape index (κ2) is 5.90. The number of hydrogen-bond donors (Lipinski definition) is 1. The lowest BCUT2D eigenvalue weighted by atomic mass is 9.95. The molecule has 0 amide bonds. The van der Waals surface area contributed by atoms with Crippen molar-refractivity contribution in [3.8, 4) is 0 Å². The van der Waals surface area contributed by atoms with Gasteiger partial charge in [0.15, 0.2) is 0 Å². The summed E-state index contributed by atoms with van der Waals surface area (Å²) in [6, 6.07) is 8.67. The number of likely N-dealkylation sites (N-methyl/N-ethyl adjacent to an activating group) is 1. The maximum absolute atomic E-state index is 5.80. The van der Waals surface area contributed by atoms with Gasteiger partial charge in [-0.05, 0) is 36.3 Å². The summed E-state index contributed by atoms with van der Waals surface area (Å²) in [5.74, 6) is 0.683. The first-order valence-corrected chi connectivity index (χ1v) is 7.44. The molecule has 1 aromatic heterocycles. The van der Waals surface area contributed by atoms with Crippen LogP contribution in [-0.2, 0) is 4.74 Å². The molecule has 2 aromatic rings. The highest BCUT2D eigenvalue weighted by Crippen LogP contribution is 2.40. The molecule has 1 aromatic carbocycles. The third-order valence-corrected chi connectivity index (χ3v) is 4.15. The molecule has 3 nitrogen and oxygen atoms in total. The van der Waals surface area contributed by atoms with Crippen LogP contribution in [0.25, 0.3) is 10.8 Å². The molecule has 0 spiro atoms. The van der Waals surface area contributed by atoms with Crippen LogP contribution in [0.5, 0.6) is 0 Å². The lowest BCUT2D eigenvalue weighted by Crippen LogP contribution is -2.35. The summed E-state index contributed by atoms with van der Waals surface area (Å²) in [4.78, 5) is 4.42. The van der Waals surface area contributed by atoms with Gasteiger partial charge in [-0.25, -0.2) is 0 Å². The molecule has 1 aliphatic rings. The number of pyridine rings is 1. The minimum Gasteiger partial charge on any atom is -0.379 e. The summed E-state index contributed by atoms with van der Waals surface area (Å²) in [6.07, 6.45) is 6.71. The molecule has 1 N–H and O–H groups in total. The number of methoxy groups -OCH3 is 1. The van der Waals surface area contributed by atoms with Gasteiger partial charge in [-0.3, -0.25) is 4.98 Å². The molecule has 106 valence electrons. The van der Waals surface area contributed by atoms with Gasteiger partial charge in [0.1, 0.15) is 0 Å². The van der Waals surface area contributed by atoms with Gasteiger partial charge in [-0.2, -0.15) is 0 Å². The zero-order valence-electron chi connectivity index (χ0n) is 12.2. The third-order valence-electron chi connectivity index (χ3n) is 4.15. The highest BCUT2D eigenvalue weighted by atomic mass is 16.5. The van der Waals surface area contributed by atoms with Crippen molar-refractivity contribution in [2.45, 2.75) is 31.9 Å². The van der Waals surface area contributed by atoms with Crippen molar-refractivity contribution in [1.29, 1.82) is 0 Å². The molecular weight excluding hydrogens is 248 g/mol. The summed E-state index contributed by atoms with van der Waals surface area (Å²) < 4.78 is 5.80. The number of benzene rings is 1. The lowest BCUT2D eigenvalue weighted by Gasteiger charge is -2.28. The second-order valence-corrected chi connectivity index (χ2v) is 5.52. The normalized spacial score (nSPS) is 18.1. The number of hydrogen-bond acceptors (Lipinski definition) is 3. The Morgan fingerprint density at radius 2 is 2.10 bits per heavy atom. The molecule has 1 saturated carbocycles. The number of rotatable bonds is 6. The minimum atomic E-state index is 0.219. The fourth-order valence-electron chi connectivity index (χ4n) is 3.04. The lowest BCUT2D eigenvalue weighted by molar-refractivity contribution is 0.0515. The number of ether oxygens (including phenoxy) is 1. The Morgan fingerprint density at radius 3 is 2.80 bits per heavy atom. The fraction of sp³-hybridized carbons (Fsp3) is 0.471. The van der Waals surface area contributed by atoms with Crippen LogP contribution < -0.4 is 5.32 Å². The predicted octanol–water partition coefficient (Wildman–Crippen LogP) is 3.31. The molecule has 3 heteroatoms. The summed E-state index contributed by atoms with van der Waals surface area (Å²) >= 11 is 0. The van der Waals surface area contributed by atoms with Crippen LogP contribution >= 0.6 is 0 Å². The van der Waals surface area contributed by atoms with Gasteiger partial charge < -0.3 is 10.1 Å². The van der Waals surface area contributed by atoms with E-state index in [4.69, 9.17) is 4.74 Å². The van der Waals surface area contributed by atoms with Gasteiger partial charge in [0.05, 0.1) is 12.1 Å². The molecule has 0 radical (unpaired) electrons. The van der Waals surface area contributed by atoms with E-state index in [0.29, 0.717) is 5.92 Å². The molecule has 2 unspecified atom stereocenters. The number of nitrogens with one attached hydrogen (secondary N) is 1. The Kier molecular flexibility index (Phi) is 3.99. The molecule has 1 fully saturated rings. The van der Waals surface area contributed by atoms with Gasteiger partial charge >= 0.3 is 0 Å². The molecule has 0 saturated heterocycles. The highest BCUT2D eigenvalue weighted by Gasteiger charge is 2.37. The van der Waals surface area contributed by atoms with Crippen molar-refractivity contribution in [1.82, 2.24) is 10.3 Å². The van der Waals surface area contributed by atoms with Crippen molar-refractivity contribution in [2.24, 2.45) is 5.92 Å². The van der Waals surface area contributed by atoms with Crippen molar-refractivity contribution in [3.63, 3.8) is 0 Å². The van der Waals surface area contributed by atoms with Crippen LogP contribution in [0.1, 0.15) is 31.4 Å². The van der Waals surface area contributed by atoms with E-state index in [1.165, 1.54) is 29.2 Å². The predicted molar refractivity (Wildman–Crippen MR) is 81.7 cm³/mol. The van der Waals surface area contributed by atoms with E-state index in [-0.39, 0.29) is 12.1 Å². The van der Waals surface area contributed by atoms with Gasteiger partial charge in [-0.1, -0.05) is 31.2 Å². The van der Waals surface area contributed by atoms with Crippen molar-refractivity contribution >= 4 is 10.8 Å². The number of fused-ring (bicyclic) bond motifs is 1. The van der Waals surface area contributed by atoms with Crippen LogP contribution in [0, 0.1) is 5.92 Å². The molecule has 1 aliphatic carbocycles. The van der Waals surface area contributed by atoms with Crippen molar-refractivity contribution in [3.05, 3.63) is 42.2 Å². The first-order valence-electron chi connectivity index (χ1n) is 7.44. The number of aromatic nitrogens is 1. The summed E-state index contributed by atoms with van der Waals surface area (Å²) in [6.45, 7) is 3.08. The van der Waals surface area contributed by atoms with Gasteiger partial charge in [0.25, 0.3) is 0 Å². The van der Waals surface area contributed by atoms with E-state index in [1.807, 2.05) is 19.5 Å². The second-order valence-electron chi connectivity index (χ2n) is 5.52. The Labute approximate surface area is 120 Å². The van der Waals surface area contributed by atoms with Gasteiger partial charge in [0.2, 0.25) is 0 Å². The maximum atomic E-state index is 5.80. The first-order chi connectivity index (χ1) is 9.85. The van der Waals surface area contributed by atoms with Crippen LogP contribution in [0.4, 0.5) is 0 Å². The quantitative estimate of drug-likeness (QED) is 0.874. The topological polar surface area (TPSA) is 34.2 Å². The van der Waals surface area contributed by atoms with E-state index in [9.17, 15) is 0 Å². The Hall–Kier alpha value is -1.45. The van der Waals surface area contributed by atoms with Crippen molar-refractivity contribution in [2.75, 3.05) is 13.7 Å². The molecule has 20 heavy (non-hydrogen) atoms. The van der Waals surface area contributed by atoms with E-state index in [0.717, 1.165) is 6.54 Å². The number of nitrogens with zero attached hydrogens (tertiary/aromatic N) is 1. The summed E-state index contributed by atoms with van der Waals surface area (Å²) in [5, 5.41) is 6.07. The van der Waals surface area contributed by atoms with Crippen molar-refractivity contribution < 1.29 is 4.74 Å². The Bertz CT molecular complexity index is 575. The molecule has 0 bridgehead atoms. The largest absolute Gasteiger partial charge is 0.379 e. The van der Waals surface area contributed by atoms with Crippen LogP contribution in [0.2, 0.25) is 0 Å². The monoisotopic (exact) mass is 270 g/mol. The van der Waals surface area contributed by atoms with Crippen LogP contribution in [0.3, 0.4) is 0 Å². The van der Waals surface area contributed by atoms with Crippen LogP contribution in [0.15, 0.2) is 36.7 Å². The van der Waals surface area contributed by atoms with Gasteiger partial charge in [0, 0.05) is 24.9 Å². The minimum absolute atomic E-state index is 0.219. The summed E-state index contributed by atoms with van der Waals surface area (Å²) in [5.41, 5.74) is 1.25. The molecule has 2 atom stereocenters. The molecular formula is C17H22N2O. The van der Waals surface area contributed by atoms with E-state index >= 15 is 0 Å². The van der Waals surface area contributed by atoms with E-state index in [1.54, 1.807) is 0 Å².